The van der Waals surface area contributed by atoms with E-state index in [4.69, 9.17) is 16.3 Å². The molecule has 0 spiro atoms. The molecule has 2 heterocycles. The summed E-state index contributed by atoms with van der Waals surface area (Å²) in [4.78, 5) is 25.8. The number of nitrogens with zero attached hydrogens (tertiary/aromatic N) is 4. The molecule has 1 fully saturated rings. The zero-order valence-corrected chi connectivity index (χ0v) is 16.5. The van der Waals surface area contributed by atoms with Crippen molar-refractivity contribution in [3.8, 4) is 5.69 Å². The molecule has 1 aromatic heterocycles. The van der Waals surface area contributed by atoms with Crippen LogP contribution in [0.5, 0.6) is 0 Å². The van der Waals surface area contributed by atoms with Crippen LogP contribution in [0.3, 0.4) is 0 Å². The molecule has 4 rings (SSSR count). The fourth-order valence-electron chi connectivity index (χ4n) is 2.99. The highest BCUT2D eigenvalue weighted by Gasteiger charge is 2.20. The van der Waals surface area contributed by atoms with Gasteiger partial charge in [-0.15, -0.1) is 5.10 Å². The predicted molar refractivity (Wildman–Crippen MR) is 107 cm³/mol. The maximum absolute atomic E-state index is 13.2. The van der Waals surface area contributed by atoms with Crippen LogP contribution < -0.4 is 10.2 Å². The highest BCUT2D eigenvalue weighted by molar-refractivity contribution is 6.31. The van der Waals surface area contributed by atoms with E-state index in [1.54, 1.807) is 15.8 Å². The topological polar surface area (TPSA) is 89.4 Å². The molecule has 1 saturated heterocycles. The van der Waals surface area contributed by atoms with Crippen molar-refractivity contribution in [3.05, 3.63) is 70.8 Å². The second-order valence-electron chi connectivity index (χ2n) is 6.58. The number of morpholine rings is 1. The average molecular weight is 430 g/mol. The van der Waals surface area contributed by atoms with E-state index < -0.39 is 11.7 Å². The van der Waals surface area contributed by atoms with Gasteiger partial charge < -0.3 is 15.0 Å². The van der Waals surface area contributed by atoms with E-state index in [-0.39, 0.29) is 29.6 Å². The smallest absolute Gasteiger partial charge is 0.253 e. The Labute approximate surface area is 176 Å². The van der Waals surface area contributed by atoms with Gasteiger partial charge >= 0.3 is 0 Å². The average Bonchev–Trinajstić information content (AvgIpc) is 3.23. The van der Waals surface area contributed by atoms with Crippen LogP contribution in [-0.4, -0.2) is 46.6 Å². The van der Waals surface area contributed by atoms with Crippen molar-refractivity contribution in [1.82, 2.24) is 20.3 Å². The lowest BCUT2D eigenvalue weighted by molar-refractivity contribution is -0.125. The zero-order chi connectivity index (χ0) is 21.1. The molecule has 1 aliphatic rings. The summed E-state index contributed by atoms with van der Waals surface area (Å²) in [5.41, 5.74) is 2.35. The summed E-state index contributed by atoms with van der Waals surface area (Å²) in [6, 6.07) is 11.1. The summed E-state index contributed by atoms with van der Waals surface area (Å²) in [5, 5.41) is 10.7. The fourth-order valence-corrected chi connectivity index (χ4v) is 3.17. The number of benzene rings is 2. The van der Waals surface area contributed by atoms with Gasteiger partial charge in [-0.05, 0) is 42.5 Å². The van der Waals surface area contributed by atoms with Crippen LogP contribution in [0.25, 0.3) is 5.69 Å². The number of aromatic nitrogens is 3. The van der Waals surface area contributed by atoms with Crippen LogP contribution in [0.1, 0.15) is 16.1 Å². The van der Waals surface area contributed by atoms with Crippen LogP contribution in [-0.2, 0) is 16.1 Å². The van der Waals surface area contributed by atoms with Gasteiger partial charge in [0.1, 0.15) is 18.1 Å². The molecule has 0 aliphatic carbocycles. The Hall–Kier alpha value is -3.30. The Kier molecular flexibility index (Phi) is 5.73. The third-order valence-corrected chi connectivity index (χ3v) is 4.85. The van der Waals surface area contributed by atoms with Gasteiger partial charge in [-0.2, -0.15) is 0 Å². The van der Waals surface area contributed by atoms with Gasteiger partial charge in [0.25, 0.3) is 11.8 Å². The second-order valence-corrected chi connectivity index (χ2v) is 6.99. The number of rotatable bonds is 5. The van der Waals surface area contributed by atoms with Crippen LogP contribution in [0.2, 0.25) is 5.02 Å². The lowest BCUT2D eigenvalue weighted by atomic mass is 10.2. The third-order valence-electron chi connectivity index (χ3n) is 4.56. The normalized spacial score (nSPS) is 14.1. The lowest BCUT2D eigenvalue weighted by Gasteiger charge is -2.26. The summed E-state index contributed by atoms with van der Waals surface area (Å²) in [6.45, 7) is 1.26. The Morgan fingerprint density at radius 2 is 1.97 bits per heavy atom. The molecule has 0 radical (unpaired) electrons. The highest BCUT2D eigenvalue weighted by Crippen LogP contribution is 2.19. The quantitative estimate of drug-likeness (QED) is 0.672. The molecule has 0 bridgehead atoms. The van der Waals surface area contributed by atoms with Crippen LogP contribution in [0.15, 0.2) is 48.7 Å². The van der Waals surface area contributed by atoms with Crippen LogP contribution in [0.4, 0.5) is 10.1 Å². The minimum Gasteiger partial charge on any atom is -0.370 e. The number of ether oxygens (including phenoxy) is 1. The SMILES string of the molecule is O=C(NCc1cn(-c2ccc(N3CCOCC3=O)cc2)nn1)c1ccc(F)c(Cl)c1. The second kappa shape index (κ2) is 8.60. The van der Waals surface area contributed by atoms with Crippen molar-refractivity contribution in [2.75, 3.05) is 24.7 Å². The van der Waals surface area contributed by atoms with Gasteiger partial charge in [-0.3, -0.25) is 9.59 Å². The van der Waals surface area contributed by atoms with Gasteiger partial charge in [0, 0.05) is 17.8 Å². The number of anilines is 1. The van der Waals surface area contributed by atoms with E-state index >= 15 is 0 Å². The molecule has 0 saturated carbocycles. The summed E-state index contributed by atoms with van der Waals surface area (Å²) in [5.74, 6) is -1.05. The van der Waals surface area contributed by atoms with Gasteiger partial charge in [0.05, 0.1) is 30.1 Å². The van der Waals surface area contributed by atoms with Crippen molar-refractivity contribution in [2.45, 2.75) is 6.54 Å². The maximum atomic E-state index is 13.2. The van der Waals surface area contributed by atoms with E-state index in [1.807, 2.05) is 24.3 Å². The number of hydrogen-bond donors (Lipinski definition) is 1. The number of hydrogen-bond acceptors (Lipinski definition) is 5. The molecular weight excluding hydrogens is 413 g/mol. The van der Waals surface area contributed by atoms with Crippen molar-refractivity contribution in [3.63, 3.8) is 0 Å². The third kappa shape index (κ3) is 4.32. The first kappa shape index (κ1) is 20.0. The molecule has 3 aromatic rings. The molecular formula is C20H17ClFN5O3. The summed E-state index contributed by atoms with van der Waals surface area (Å²) < 4.78 is 19.9. The summed E-state index contributed by atoms with van der Waals surface area (Å²) in [7, 11) is 0. The first-order valence-electron chi connectivity index (χ1n) is 9.14. The molecule has 2 amide bonds. The molecule has 0 unspecified atom stereocenters. The predicted octanol–water partition coefficient (Wildman–Crippen LogP) is 2.35. The van der Waals surface area contributed by atoms with Gasteiger partial charge in [-0.1, -0.05) is 16.8 Å². The van der Waals surface area contributed by atoms with E-state index in [1.165, 1.54) is 12.1 Å². The van der Waals surface area contributed by atoms with Gasteiger partial charge in [0.15, 0.2) is 0 Å². The Morgan fingerprint density at radius 1 is 1.20 bits per heavy atom. The lowest BCUT2D eigenvalue weighted by Crippen LogP contribution is -2.41. The number of halogens is 2. The highest BCUT2D eigenvalue weighted by atomic mass is 35.5. The van der Waals surface area contributed by atoms with Crippen LogP contribution >= 0.6 is 11.6 Å². The first-order valence-corrected chi connectivity index (χ1v) is 9.52. The first-order chi connectivity index (χ1) is 14.5. The molecule has 1 N–H and O–H groups in total. The number of carbonyl (C=O) groups is 2. The van der Waals surface area contributed by atoms with E-state index in [2.05, 4.69) is 15.6 Å². The van der Waals surface area contributed by atoms with E-state index in [9.17, 15) is 14.0 Å². The van der Waals surface area contributed by atoms with E-state index in [0.717, 1.165) is 17.4 Å². The van der Waals surface area contributed by atoms with E-state index in [0.29, 0.717) is 18.8 Å². The fraction of sp³-hybridized carbons (Fsp3) is 0.200. The van der Waals surface area contributed by atoms with Gasteiger partial charge in [0.2, 0.25) is 0 Å². The zero-order valence-electron chi connectivity index (χ0n) is 15.7. The standard InChI is InChI=1S/C20H17ClFN5O3/c21-17-9-13(1-6-18(17)22)20(29)23-10-14-11-27(25-24-14)16-4-2-15(3-5-16)26-7-8-30-12-19(26)28/h1-6,9,11H,7-8,10,12H2,(H,23,29). The number of nitrogens with one attached hydrogen (secondary N) is 1. The molecule has 2 aromatic carbocycles. The molecule has 0 atom stereocenters. The monoisotopic (exact) mass is 429 g/mol. The van der Waals surface area contributed by atoms with Crippen molar-refractivity contribution in [1.29, 1.82) is 0 Å². The molecule has 154 valence electrons. The van der Waals surface area contributed by atoms with Crippen LogP contribution in [0, 0.1) is 5.82 Å². The van der Waals surface area contributed by atoms with Gasteiger partial charge in [-0.25, -0.2) is 9.07 Å². The summed E-state index contributed by atoms with van der Waals surface area (Å²) >= 11 is 5.71. The molecule has 10 heteroatoms. The molecule has 30 heavy (non-hydrogen) atoms. The summed E-state index contributed by atoms with van der Waals surface area (Å²) in [6.07, 6.45) is 1.69. The Morgan fingerprint density at radius 3 is 2.70 bits per heavy atom. The van der Waals surface area contributed by atoms with Crippen molar-refractivity contribution < 1.29 is 18.7 Å². The number of carbonyl (C=O) groups excluding carboxylic acids is 2. The Balaban J connectivity index is 1.39. The minimum absolute atomic E-state index is 0.0739. The minimum atomic E-state index is -0.583. The number of amides is 2. The van der Waals surface area contributed by atoms with Crippen molar-refractivity contribution >= 4 is 29.1 Å². The molecule has 1 aliphatic heterocycles. The Bertz CT molecular complexity index is 1090. The largest absolute Gasteiger partial charge is 0.370 e. The van der Waals surface area contributed by atoms with Crippen molar-refractivity contribution in [2.24, 2.45) is 0 Å². The molecule has 8 nitrogen and oxygen atoms in total. The maximum Gasteiger partial charge on any atom is 0.253 e.